The smallest absolute Gasteiger partial charge is 0.276 e. The average molecular weight is 691 g/mol. The van der Waals surface area contributed by atoms with Crippen LogP contribution in [0.3, 0.4) is 0 Å². The molecule has 48 heavy (non-hydrogen) atoms. The van der Waals surface area contributed by atoms with Crippen LogP contribution in [-0.2, 0) is 14.6 Å². The first-order valence-corrected chi connectivity index (χ1v) is 17.9. The maximum absolute atomic E-state index is 17.7. The van der Waals surface area contributed by atoms with E-state index in [1.54, 1.807) is 54.2 Å². The van der Waals surface area contributed by atoms with Crippen molar-refractivity contribution in [3.63, 3.8) is 0 Å². The zero-order valence-corrected chi connectivity index (χ0v) is 29.1. The lowest BCUT2D eigenvalue weighted by Gasteiger charge is -2.37. The fourth-order valence-electron chi connectivity index (χ4n) is 6.67. The number of halogens is 2. The van der Waals surface area contributed by atoms with Gasteiger partial charge >= 0.3 is 0 Å². The third kappa shape index (κ3) is 5.46. The highest BCUT2D eigenvalue weighted by Crippen LogP contribution is 2.44. The predicted molar refractivity (Wildman–Crippen MR) is 188 cm³/mol. The van der Waals surface area contributed by atoms with Gasteiger partial charge in [-0.05, 0) is 62.1 Å². The van der Waals surface area contributed by atoms with Crippen LogP contribution in [0, 0.1) is 19.7 Å². The molecular formula is C35H36ClFN6O4S. The average Bonchev–Trinajstić information content (AvgIpc) is 3.51. The number of aromatic amines is 1. The van der Waals surface area contributed by atoms with E-state index in [4.69, 9.17) is 11.6 Å². The Morgan fingerprint density at radius 2 is 1.75 bits per heavy atom. The number of carbonyl (C=O) groups excluding carboxylic acids is 1. The molecule has 10 nitrogen and oxygen atoms in total. The van der Waals surface area contributed by atoms with E-state index in [-0.39, 0.29) is 65.2 Å². The molecule has 6 rings (SSSR count). The largest absolute Gasteiger partial charge is 0.366 e. The monoisotopic (exact) mass is 690 g/mol. The first-order chi connectivity index (χ1) is 22.8. The van der Waals surface area contributed by atoms with Gasteiger partial charge < -0.3 is 9.80 Å². The molecule has 3 aromatic heterocycles. The summed E-state index contributed by atoms with van der Waals surface area (Å²) in [5, 5.41) is 7.91. The number of nitrogens with zero attached hydrogens (tertiary/aromatic N) is 5. The summed E-state index contributed by atoms with van der Waals surface area (Å²) in [5.74, 6) is -1.15. The molecule has 250 valence electrons. The molecular weight excluding hydrogens is 655 g/mol. The molecule has 0 radical (unpaired) electrons. The standard InChI is InChI=1S/C35H36ClFN6O4S/c1-7-8-26(44)41-13-15-42(16-14-41)33-22-17-24(36)28(27-20(4)9-10-25-23(27)18-39-40-25)29(37)32(22)43(35(45)34(33)48(6,46)47)31-21(5)11-12-38-30(31)19(2)3/h7-12,17-19H,13-16H2,1-6H3,(H,39,40)/b8-7+. The molecule has 0 atom stereocenters. The number of hydrogen-bond acceptors (Lipinski definition) is 7. The van der Waals surface area contributed by atoms with E-state index in [0.717, 1.165) is 11.8 Å². The molecule has 4 heterocycles. The topological polar surface area (TPSA) is 121 Å². The van der Waals surface area contributed by atoms with Crippen molar-refractivity contribution < 1.29 is 17.6 Å². The number of amides is 1. The summed E-state index contributed by atoms with van der Waals surface area (Å²) in [5.41, 5.74) is 2.45. The predicted octanol–water partition coefficient (Wildman–Crippen LogP) is 6.09. The summed E-state index contributed by atoms with van der Waals surface area (Å²) in [7, 11) is -4.20. The van der Waals surface area contributed by atoms with Crippen LogP contribution in [0.2, 0.25) is 5.02 Å². The lowest BCUT2D eigenvalue weighted by molar-refractivity contribution is -0.126. The fraction of sp³-hybridized carbons (Fsp3) is 0.314. The lowest BCUT2D eigenvalue weighted by Crippen LogP contribution is -2.49. The van der Waals surface area contributed by atoms with Crippen LogP contribution >= 0.6 is 11.6 Å². The molecule has 0 aliphatic carbocycles. The molecule has 1 fully saturated rings. The Labute approximate surface area is 282 Å². The zero-order chi connectivity index (χ0) is 34.7. The molecule has 1 amide bonds. The summed E-state index contributed by atoms with van der Waals surface area (Å²) in [6.45, 7) is 10.1. The summed E-state index contributed by atoms with van der Waals surface area (Å²) < 4.78 is 46.2. The van der Waals surface area contributed by atoms with Crippen molar-refractivity contribution in [1.82, 2.24) is 24.6 Å². The Bertz CT molecular complexity index is 2320. The van der Waals surface area contributed by atoms with Crippen molar-refractivity contribution in [2.45, 2.75) is 45.4 Å². The first-order valence-electron chi connectivity index (χ1n) is 15.6. The molecule has 1 saturated heterocycles. The van der Waals surface area contributed by atoms with Crippen molar-refractivity contribution in [3.05, 3.63) is 86.8 Å². The Balaban J connectivity index is 1.78. The molecule has 1 N–H and O–H groups in total. The van der Waals surface area contributed by atoms with Crippen LogP contribution in [0.15, 0.2) is 58.5 Å². The molecule has 1 aliphatic heterocycles. The van der Waals surface area contributed by atoms with Crippen LogP contribution < -0.4 is 10.5 Å². The molecule has 1 aliphatic rings. The van der Waals surface area contributed by atoms with Crippen LogP contribution in [0.1, 0.15) is 43.5 Å². The second-order valence-corrected chi connectivity index (χ2v) is 14.8. The number of H-pyrrole nitrogens is 1. The molecule has 0 saturated carbocycles. The van der Waals surface area contributed by atoms with Gasteiger partial charge in [0.05, 0.1) is 39.3 Å². The quantitative estimate of drug-likeness (QED) is 0.214. The van der Waals surface area contributed by atoms with E-state index in [1.807, 2.05) is 32.9 Å². The number of sulfone groups is 1. The Kier molecular flexibility index (Phi) is 8.67. The van der Waals surface area contributed by atoms with Gasteiger partial charge in [-0.3, -0.25) is 24.2 Å². The van der Waals surface area contributed by atoms with Crippen LogP contribution in [0.25, 0.3) is 38.6 Å². The second kappa shape index (κ2) is 12.5. The number of fused-ring (bicyclic) bond motifs is 2. The van der Waals surface area contributed by atoms with Crippen molar-refractivity contribution >= 4 is 54.8 Å². The molecule has 5 aromatic rings. The van der Waals surface area contributed by atoms with E-state index >= 15 is 4.39 Å². The molecule has 13 heteroatoms. The number of rotatable bonds is 6. The third-order valence-corrected chi connectivity index (χ3v) is 10.3. The van der Waals surface area contributed by atoms with Crippen LogP contribution in [-0.4, -0.2) is 71.4 Å². The number of hydrogen-bond donors (Lipinski definition) is 1. The van der Waals surface area contributed by atoms with E-state index in [9.17, 15) is 18.0 Å². The summed E-state index contributed by atoms with van der Waals surface area (Å²) in [6, 6.07) is 6.93. The van der Waals surface area contributed by atoms with Crippen molar-refractivity contribution in [2.24, 2.45) is 0 Å². The minimum Gasteiger partial charge on any atom is -0.366 e. The second-order valence-electron chi connectivity index (χ2n) is 12.5. The molecule has 2 aromatic carbocycles. The van der Waals surface area contributed by atoms with Gasteiger partial charge in [0, 0.05) is 60.5 Å². The Morgan fingerprint density at radius 3 is 2.40 bits per heavy atom. The summed E-state index contributed by atoms with van der Waals surface area (Å²) in [4.78, 5) is 34.9. The minimum atomic E-state index is -4.20. The molecule has 0 bridgehead atoms. The number of allylic oxidation sites excluding steroid dienone is 1. The Hall–Kier alpha value is -4.55. The normalized spacial score (nSPS) is 14.3. The van der Waals surface area contributed by atoms with Crippen LogP contribution in [0.5, 0.6) is 0 Å². The van der Waals surface area contributed by atoms with Crippen LogP contribution in [0.4, 0.5) is 10.1 Å². The highest BCUT2D eigenvalue weighted by Gasteiger charge is 2.34. The number of anilines is 1. The number of pyridine rings is 2. The maximum atomic E-state index is 17.7. The van der Waals surface area contributed by atoms with Crippen molar-refractivity contribution in [3.8, 4) is 16.8 Å². The fourth-order valence-corrected chi connectivity index (χ4v) is 7.95. The van der Waals surface area contributed by atoms with E-state index in [1.165, 1.54) is 10.6 Å². The highest BCUT2D eigenvalue weighted by molar-refractivity contribution is 7.90. The number of piperazine rings is 1. The van der Waals surface area contributed by atoms with Crippen molar-refractivity contribution in [2.75, 3.05) is 37.3 Å². The number of benzene rings is 2. The van der Waals surface area contributed by atoms with Gasteiger partial charge in [0.2, 0.25) is 5.91 Å². The summed E-state index contributed by atoms with van der Waals surface area (Å²) >= 11 is 7.01. The SMILES string of the molecule is C/C=C/C(=O)N1CCN(c2c(S(C)(=O)=O)c(=O)n(-c3c(C)ccnc3C(C)C)c3c(F)c(-c4c(C)ccc5[nH]ncc45)c(Cl)cc23)CC1. The zero-order valence-electron chi connectivity index (χ0n) is 27.6. The van der Waals surface area contributed by atoms with E-state index < -0.39 is 26.1 Å². The van der Waals surface area contributed by atoms with Gasteiger partial charge in [0.25, 0.3) is 5.56 Å². The van der Waals surface area contributed by atoms with Gasteiger partial charge in [0.15, 0.2) is 20.5 Å². The van der Waals surface area contributed by atoms with E-state index in [2.05, 4.69) is 15.2 Å². The number of nitrogens with one attached hydrogen (secondary N) is 1. The summed E-state index contributed by atoms with van der Waals surface area (Å²) in [6.07, 6.45) is 7.31. The van der Waals surface area contributed by atoms with Gasteiger partial charge in [0.1, 0.15) is 0 Å². The third-order valence-electron chi connectivity index (χ3n) is 8.88. The van der Waals surface area contributed by atoms with Gasteiger partial charge in [-0.15, -0.1) is 0 Å². The minimum absolute atomic E-state index is 0.0385. The maximum Gasteiger partial charge on any atom is 0.276 e. The Morgan fingerprint density at radius 1 is 1.04 bits per heavy atom. The molecule has 0 unspecified atom stereocenters. The number of carbonyl (C=O) groups is 1. The number of aromatic nitrogens is 4. The van der Waals surface area contributed by atoms with E-state index in [0.29, 0.717) is 33.4 Å². The number of aryl methyl sites for hydroxylation is 2. The molecule has 0 spiro atoms. The highest BCUT2D eigenvalue weighted by atomic mass is 35.5. The first kappa shape index (κ1) is 33.4. The van der Waals surface area contributed by atoms with Crippen molar-refractivity contribution in [1.29, 1.82) is 0 Å². The van der Waals surface area contributed by atoms with Gasteiger partial charge in [-0.1, -0.05) is 37.6 Å². The van der Waals surface area contributed by atoms with Gasteiger partial charge in [-0.2, -0.15) is 5.10 Å². The van der Waals surface area contributed by atoms with Gasteiger partial charge in [-0.25, -0.2) is 12.8 Å². The lowest BCUT2D eigenvalue weighted by atomic mass is 9.94.